The summed E-state index contributed by atoms with van der Waals surface area (Å²) >= 11 is 0. The number of benzene rings is 1. The van der Waals surface area contributed by atoms with E-state index >= 15 is 0 Å². The second-order valence-electron chi connectivity index (χ2n) is 4.77. The highest BCUT2D eigenvalue weighted by Crippen LogP contribution is 2.35. The number of nitrogens with zero attached hydrogens (tertiary/aromatic N) is 2. The molecular weight excluding hydrogens is 297 g/mol. The number of pyridine rings is 1. The number of urea groups is 1. The van der Waals surface area contributed by atoms with E-state index in [0.717, 1.165) is 11.1 Å². The molecule has 1 aromatic carbocycles. The van der Waals surface area contributed by atoms with Crippen LogP contribution in [0, 0.1) is 5.82 Å². The van der Waals surface area contributed by atoms with Gasteiger partial charge in [0, 0.05) is 25.0 Å². The molecule has 0 saturated heterocycles. The number of carbonyl (C=O) groups excluding carboxylic acids is 1. The molecule has 116 valence electrons. The SMILES string of the molecule is CNC(=O)Nc1n[nH]c(-c2ccncc2)c1-c1ccc(F)cc1. The van der Waals surface area contributed by atoms with Crippen LogP contribution in [0.2, 0.25) is 0 Å². The number of amides is 2. The molecule has 0 atom stereocenters. The molecule has 0 bridgehead atoms. The lowest BCUT2D eigenvalue weighted by atomic mass is 10.0. The topological polar surface area (TPSA) is 82.7 Å². The highest BCUT2D eigenvalue weighted by Gasteiger charge is 2.18. The largest absolute Gasteiger partial charge is 0.341 e. The minimum absolute atomic E-state index is 0.330. The molecule has 0 radical (unpaired) electrons. The van der Waals surface area contributed by atoms with E-state index in [9.17, 15) is 9.18 Å². The lowest BCUT2D eigenvalue weighted by molar-refractivity contribution is 0.254. The van der Waals surface area contributed by atoms with Gasteiger partial charge in [-0.3, -0.25) is 15.4 Å². The van der Waals surface area contributed by atoms with Gasteiger partial charge in [-0.15, -0.1) is 0 Å². The van der Waals surface area contributed by atoms with E-state index in [4.69, 9.17) is 0 Å². The zero-order valence-electron chi connectivity index (χ0n) is 12.3. The second kappa shape index (κ2) is 6.27. The van der Waals surface area contributed by atoms with Crippen LogP contribution in [-0.4, -0.2) is 28.3 Å². The molecule has 3 aromatic rings. The predicted molar refractivity (Wildman–Crippen MR) is 85.3 cm³/mol. The Balaban J connectivity index is 2.13. The maximum atomic E-state index is 13.2. The highest BCUT2D eigenvalue weighted by molar-refractivity contribution is 5.97. The molecular formula is C16H14FN5O. The molecule has 2 aromatic heterocycles. The zero-order valence-corrected chi connectivity index (χ0v) is 12.3. The van der Waals surface area contributed by atoms with Crippen LogP contribution in [-0.2, 0) is 0 Å². The summed E-state index contributed by atoms with van der Waals surface area (Å²) in [7, 11) is 1.52. The van der Waals surface area contributed by atoms with Crippen LogP contribution >= 0.6 is 0 Å². The van der Waals surface area contributed by atoms with Gasteiger partial charge in [-0.2, -0.15) is 5.10 Å². The molecule has 0 aliphatic carbocycles. The summed E-state index contributed by atoms with van der Waals surface area (Å²) in [6, 6.07) is 9.26. The van der Waals surface area contributed by atoms with Crippen molar-refractivity contribution in [3.8, 4) is 22.4 Å². The fourth-order valence-electron chi connectivity index (χ4n) is 2.23. The average molecular weight is 311 g/mol. The number of hydrogen-bond donors (Lipinski definition) is 3. The summed E-state index contributed by atoms with van der Waals surface area (Å²) in [6.45, 7) is 0. The quantitative estimate of drug-likeness (QED) is 0.695. The third-order valence-electron chi connectivity index (χ3n) is 3.33. The maximum Gasteiger partial charge on any atom is 0.320 e. The van der Waals surface area contributed by atoms with Crippen molar-refractivity contribution in [2.45, 2.75) is 0 Å². The summed E-state index contributed by atoms with van der Waals surface area (Å²) in [5, 5.41) is 12.2. The minimum atomic E-state index is -0.388. The molecule has 23 heavy (non-hydrogen) atoms. The van der Waals surface area contributed by atoms with Crippen molar-refractivity contribution in [3.05, 3.63) is 54.6 Å². The van der Waals surface area contributed by atoms with Gasteiger partial charge in [-0.25, -0.2) is 9.18 Å². The van der Waals surface area contributed by atoms with Gasteiger partial charge in [0.25, 0.3) is 0 Å². The van der Waals surface area contributed by atoms with E-state index < -0.39 is 0 Å². The number of aromatic amines is 1. The Labute approximate surface area is 131 Å². The molecule has 7 heteroatoms. The number of rotatable bonds is 3. The Hall–Kier alpha value is -3.22. The van der Waals surface area contributed by atoms with E-state index in [1.54, 1.807) is 24.5 Å². The van der Waals surface area contributed by atoms with Gasteiger partial charge in [-0.1, -0.05) is 12.1 Å². The van der Waals surface area contributed by atoms with Gasteiger partial charge < -0.3 is 5.32 Å². The fraction of sp³-hybridized carbons (Fsp3) is 0.0625. The number of anilines is 1. The third kappa shape index (κ3) is 3.03. The Morgan fingerprint density at radius 2 is 1.78 bits per heavy atom. The van der Waals surface area contributed by atoms with Crippen molar-refractivity contribution in [1.82, 2.24) is 20.5 Å². The summed E-state index contributed by atoms with van der Waals surface area (Å²) < 4.78 is 13.2. The lowest BCUT2D eigenvalue weighted by Gasteiger charge is -2.07. The van der Waals surface area contributed by atoms with E-state index in [0.29, 0.717) is 17.1 Å². The minimum Gasteiger partial charge on any atom is -0.341 e. The first-order valence-electron chi connectivity index (χ1n) is 6.92. The van der Waals surface area contributed by atoms with E-state index in [-0.39, 0.29) is 11.8 Å². The van der Waals surface area contributed by atoms with Gasteiger partial charge in [0.05, 0.1) is 11.3 Å². The average Bonchev–Trinajstić information content (AvgIpc) is 3.00. The smallest absolute Gasteiger partial charge is 0.320 e. The number of halogens is 1. The summed E-state index contributed by atoms with van der Waals surface area (Å²) in [5.74, 6) is 0.0336. The van der Waals surface area contributed by atoms with Crippen LogP contribution in [0.4, 0.5) is 15.0 Å². The van der Waals surface area contributed by atoms with Crippen molar-refractivity contribution < 1.29 is 9.18 Å². The molecule has 3 N–H and O–H groups in total. The van der Waals surface area contributed by atoms with Gasteiger partial charge in [0.1, 0.15) is 5.82 Å². The number of hydrogen-bond acceptors (Lipinski definition) is 3. The van der Waals surface area contributed by atoms with Gasteiger partial charge in [0.15, 0.2) is 5.82 Å². The predicted octanol–water partition coefficient (Wildman–Crippen LogP) is 3.03. The van der Waals surface area contributed by atoms with Crippen LogP contribution in [0.3, 0.4) is 0 Å². The Kier molecular flexibility index (Phi) is 4.01. The van der Waals surface area contributed by atoms with Crippen LogP contribution in [0.15, 0.2) is 48.8 Å². The van der Waals surface area contributed by atoms with Crippen molar-refractivity contribution in [2.75, 3.05) is 12.4 Å². The molecule has 0 unspecified atom stereocenters. The monoisotopic (exact) mass is 311 g/mol. The fourth-order valence-corrected chi connectivity index (χ4v) is 2.23. The van der Waals surface area contributed by atoms with Crippen LogP contribution in [0.5, 0.6) is 0 Å². The normalized spacial score (nSPS) is 10.3. The standard InChI is InChI=1S/C16H14FN5O/c1-18-16(23)20-15-13(10-2-4-12(17)5-3-10)14(21-22-15)11-6-8-19-9-7-11/h2-9H,1H3,(H3,18,20,21,22,23). The molecule has 3 rings (SSSR count). The van der Waals surface area contributed by atoms with Crippen molar-refractivity contribution >= 4 is 11.8 Å². The van der Waals surface area contributed by atoms with Crippen molar-refractivity contribution in [2.24, 2.45) is 0 Å². The molecule has 0 fully saturated rings. The highest BCUT2D eigenvalue weighted by atomic mass is 19.1. The lowest BCUT2D eigenvalue weighted by Crippen LogP contribution is -2.24. The molecule has 0 aliphatic heterocycles. The first-order valence-corrected chi connectivity index (χ1v) is 6.92. The summed E-state index contributed by atoms with van der Waals surface area (Å²) in [4.78, 5) is 15.6. The molecule has 0 aliphatic rings. The Morgan fingerprint density at radius 1 is 1.09 bits per heavy atom. The molecule has 2 heterocycles. The number of aromatic nitrogens is 3. The van der Waals surface area contributed by atoms with Crippen molar-refractivity contribution in [3.63, 3.8) is 0 Å². The van der Waals surface area contributed by atoms with Crippen molar-refractivity contribution in [1.29, 1.82) is 0 Å². The van der Waals surface area contributed by atoms with E-state index in [2.05, 4.69) is 25.8 Å². The van der Waals surface area contributed by atoms with Gasteiger partial charge in [0.2, 0.25) is 0 Å². The van der Waals surface area contributed by atoms with Gasteiger partial charge in [-0.05, 0) is 29.8 Å². The molecule has 6 nitrogen and oxygen atoms in total. The molecule has 0 spiro atoms. The first kappa shape index (κ1) is 14.7. The van der Waals surface area contributed by atoms with Crippen LogP contribution in [0.25, 0.3) is 22.4 Å². The number of nitrogens with one attached hydrogen (secondary N) is 3. The third-order valence-corrected chi connectivity index (χ3v) is 3.33. The first-order chi connectivity index (χ1) is 11.2. The Morgan fingerprint density at radius 3 is 2.43 bits per heavy atom. The second-order valence-corrected chi connectivity index (χ2v) is 4.77. The maximum absolute atomic E-state index is 13.2. The number of carbonyl (C=O) groups is 1. The van der Waals surface area contributed by atoms with Crippen LogP contribution in [0.1, 0.15) is 0 Å². The number of H-pyrrole nitrogens is 1. The van der Waals surface area contributed by atoms with Gasteiger partial charge >= 0.3 is 6.03 Å². The van der Waals surface area contributed by atoms with E-state index in [1.165, 1.54) is 19.2 Å². The zero-order chi connectivity index (χ0) is 16.2. The molecule has 0 saturated carbocycles. The Bertz CT molecular complexity index is 814. The van der Waals surface area contributed by atoms with Crippen LogP contribution < -0.4 is 10.6 Å². The van der Waals surface area contributed by atoms with E-state index in [1.807, 2.05) is 12.1 Å². The summed E-state index contributed by atoms with van der Waals surface area (Å²) in [6.07, 6.45) is 3.33. The molecule has 2 amide bonds. The summed E-state index contributed by atoms with van der Waals surface area (Å²) in [5.41, 5.74) is 2.99.